The lowest BCUT2D eigenvalue weighted by Crippen LogP contribution is -2.36. The maximum Gasteiger partial charge on any atom is 0.144 e. The van der Waals surface area contributed by atoms with Crippen LogP contribution in [0, 0.1) is 0 Å². The highest BCUT2D eigenvalue weighted by Crippen LogP contribution is 2.31. The molecule has 0 bridgehead atoms. The molecule has 1 aromatic carbocycles. The second kappa shape index (κ2) is 5.36. The lowest BCUT2D eigenvalue weighted by Gasteiger charge is -2.30. The zero-order valence-electron chi connectivity index (χ0n) is 11.1. The van der Waals surface area contributed by atoms with Crippen LogP contribution < -0.4 is 9.64 Å². The predicted octanol–water partition coefficient (Wildman–Crippen LogP) is 2.32. The molecule has 0 unspecified atom stereocenters. The zero-order chi connectivity index (χ0) is 13.1. The van der Waals surface area contributed by atoms with Gasteiger partial charge in [-0.3, -0.25) is 0 Å². The van der Waals surface area contributed by atoms with Crippen LogP contribution in [0.15, 0.2) is 42.7 Å². The molecule has 0 N–H and O–H groups in total. The number of morpholine rings is 1. The number of rotatable bonds is 3. The molecular weight excluding hydrogens is 240 g/mol. The number of anilines is 1. The quantitative estimate of drug-likeness (QED) is 0.845. The minimum atomic E-state index is 0.780. The van der Waals surface area contributed by atoms with Crippen LogP contribution in [0.25, 0.3) is 5.69 Å². The molecule has 0 radical (unpaired) electrons. The molecule has 1 aliphatic rings. The van der Waals surface area contributed by atoms with Crippen molar-refractivity contribution in [1.29, 1.82) is 0 Å². The number of nitrogens with zero attached hydrogens (tertiary/aromatic N) is 2. The Kier molecular flexibility index (Phi) is 3.42. The lowest BCUT2D eigenvalue weighted by molar-refractivity contribution is 0.122. The summed E-state index contributed by atoms with van der Waals surface area (Å²) in [6.45, 7) is 3.39. The summed E-state index contributed by atoms with van der Waals surface area (Å²) in [6, 6.07) is 10.3. The van der Waals surface area contributed by atoms with Gasteiger partial charge in [0, 0.05) is 37.2 Å². The van der Waals surface area contributed by atoms with Crippen LogP contribution in [0.3, 0.4) is 0 Å². The Bertz CT molecular complexity index is 531. The summed E-state index contributed by atoms with van der Waals surface area (Å²) in [5.74, 6) is 0.910. The van der Waals surface area contributed by atoms with Gasteiger partial charge in [0.05, 0.1) is 26.0 Å². The summed E-state index contributed by atoms with van der Waals surface area (Å²) in [6.07, 6.45) is 4.06. The fourth-order valence-electron chi connectivity index (χ4n) is 2.40. The van der Waals surface area contributed by atoms with E-state index in [-0.39, 0.29) is 0 Å². The Morgan fingerprint density at radius 2 is 1.84 bits per heavy atom. The maximum atomic E-state index is 5.54. The van der Waals surface area contributed by atoms with Gasteiger partial charge in [-0.15, -0.1) is 0 Å². The standard InChI is InChI=1S/C15H18N2O2/c1-18-15-12-13(16-6-2-3-7-16)4-5-14(15)17-8-10-19-11-9-17/h2-7,12H,8-11H2,1H3. The number of hydrogen-bond acceptors (Lipinski definition) is 3. The summed E-state index contributed by atoms with van der Waals surface area (Å²) in [5.41, 5.74) is 2.25. The van der Waals surface area contributed by atoms with E-state index < -0.39 is 0 Å². The average Bonchev–Trinajstić information content (AvgIpc) is 3.02. The molecule has 0 amide bonds. The maximum absolute atomic E-state index is 5.54. The third-order valence-corrected chi connectivity index (χ3v) is 3.42. The minimum Gasteiger partial charge on any atom is -0.495 e. The molecule has 4 nitrogen and oxygen atoms in total. The van der Waals surface area contributed by atoms with Crippen molar-refractivity contribution < 1.29 is 9.47 Å². The molecule has 0 aliphatic carbocycles. The number of ether oxygens (including phenoxy) is 2. The highest BCUT2D eigenvalue weighted by atomic mass is 16.5. The summed E-state index contributed by atoms with van der Waals surface area (Å²) in [7, 11) is 1.72. The van der Waals surface area contributed by atoms with Crippen molar-refractivity contribution in [3.63, 3.8) is 0 Å². The Labute approximate surface area is 113 Å². The van der Waals surface area contributed by atoms with Crippen LogP contribution in [0.5, 0.6) is 5.75 Å². The van der Waals surface area contributed by atoms with E-state index in [1.165, 1.54) is 0 Å². The molecule has 2 aromatic rings. The smallest absolute Gasteiger partial charge is 0.144 e. The van der Waals surface area contributed by atoms with Gasteiger partial charge in [-0.1, -0.05) is 0 Å². The van der Waals surface area contributed by atoms with E-state index in [0.29, 0.717) is 0 Å². The van der Waals surface area contributed by atoms with Crippen LogP contribution in [-0.4, -0.2) is 38.0 Å². The van der Waals surface area contributed by atoms with E-state index in [9.17, 15) is 0 Å². The molecule has 1 aromatic heterocycles. The molecule has 19 heavy (non-hydrogen) atoms. The van der Waals surface area contributed by atoms with Gasteiger partial charge in [-0.05, 0) is 24.3 Å². The molecule has 0 atom stereocenters. The molecule has 1 fully saturated rings. The van der Waals surface area contributed by atoms with Gasteiger partial charge in [0.25, 0.3) is 0 Å². The largest absolute Gasteiger partial charge is 0.495 e. The van der Waals surface area contributed by atoms with Crippen LogP contribution >= 0.6 is 0 Å². The first-order valence-corrected chi connectivity index (χ1v) is 6.52. The number of aromatic nitrogens is 1. The van der Waals surface area contributed by atoms with Crippen molar-refractivity contribution in [2.75, 3.05) is 38.3 Å². The molecule has 0 spiro atoms. The molecule has 4 heteroatoms. The predicted molar refractivity (Wildman–Crippen MR) is 75.4 cm³/mol. The first-order valence-electron chi connectivity index (χ1n) is 6.52. The van der Waals surface area contributed by atoms with Crippen molar-refractivity contribution in [3.05, 3.63) is 42.7 Å². The van der Waals surface area contributed by atoms with E-state index in [1.807, 2.05) is 24.5 Å². The highest BCUT2D eigenvalue weighted by Gasteiger charge is 2.15. The fraction of sp³-hybridized carbons (Fsp3) is 0.333. The zero-order valence-corrected chi connectivity index (χ0v) is 11.1. The van der Waals surface area contributed by atoms with E-state index in [4.69, 9.17) is 9.47 Å². The molecule has 100 valence electrons. The van der Waals surface area contributed by atoms with Crippen molar-refractivity contribution in [1.82, 2.24) is 4.57 Å². The van der Waals surface area contributed by atoms with Crippen molar-refractivity contribution in [2.45, 2.75) is 0 Å². The summed E-state index contributed by atoms with van der Waals surface area (Å²) in [5, 5.41) is 0. The van der Waals surface area contributed by atoms with Gasteiger partial charge < -0.3 is 18.9 Å². The van der Waals surface area contributed by atoms with Crippen molar-refractivity contribution in [3.8, 4) is 11.4 Å². The second-order valence-electron chi connectivity index (χ2n) is 4.55. The van der Waals surface area contributed by atoms with Crippen LogP contribution in [0.1, 0.15) is 0 Å². The molecule has 3 rings (SSSR count). The van der Waals surface area contributed by atoms with Gasteiger partial charge >= 0.3 is 0 Å². The fourth-order valence-corrected chi connectivity index (χ4v) is 2.40. The number of methoxy groups -OCH3 is 1. The molecule has 1 aliphatic heterocycles. The Morgan fingerprint density at radius 1 is 1.11 bits per heavy atom. The van der Waals surface area contributed by atoms with Crippen molar-refractivity contribution >= 4 is 5.69 Å². The summed E-state index contributed by atoms with van der Waals surface area (Å²) >= 11 is 0. The molecule has 1 saturated heterocycles. The number of benzene rings is 1. The van der Waals surface area contributed by atoms with E-state index in [2.05, 4.69) is 27.7 Å². The van der Waals surface area contributed by atoms with Gasteiger partial charge in [-0.25, -0.2) is 0 Å². The van der Waals surface area contributed by atoms with Gasteiger partial charge in [-0.2, -0.15) is 0 Å². The van der Waals surface area contributed by atoms with Crippen LogP contribution in [0.4, 0.5) is 5.69 Å². The van der Waals surface area contributed by atoms with E-state index in [0.717, 1.165) is 43.4 Å². The normalized spacial score (nSPS) is 15.5. The van der Waals surface area contributed by atoms with Gasteiger partial charge in [0.2, 0.25) is 0 Å². The van der Waals surface area contributed by atoms with Gasteiger partial charge in [0.1, 0.15) is 5.75 Å². The Hall–Kier alpha value is -1.94. The third-order valence-electron chi connectivity index (χ3n) is 3.42. The van der Waals surface area contributed by atoms with Crippen molar-refractivity contribution in [2.24, 2.45) is 0 Å². The van der Waals surface area contributed by atoms with Crippen LogP contribution in [-0.2, 0) is 4.74 Å². The van der Waals surface area contributed by atoms with E-state index in [1.54, 1.807) is 7.11 Å². The number of hydrogen-bond donors (Lipinski definition) is 0. The summed E-state index contributed by atoms with van der Waals surface area (Å²) in [4.78, 5) is 2.31. The first kappa shape index (κ1) is 12.1. The monoisotopic (exact) mass is 258 g/mol. The third kappa shape index (κ3) is 2.44. The second-order valence-corrected chi connectivity index (χ2v) is 4.55. The lowest BCUT2D eigenvalue weighted by atomic mass is 10.2. The Balaban J connectivity index is 1.93. The van der Waals surface area contributed by atoms with Gasteiger partial charge in [0.15, 0.2) is 0 Å². The van der Waals surface area contributed by atoms with E-state index >= 15 is 0 Å². The highest BCUT2D eigenvalue weighted by molar-refractivity contribution is 5.62. The molecule has 2 heterocycles. The summed E-state index contributed by atoms with van der Waals surface area (Å²) < 4.78 is 13.0. The average molecular weight is 258 g/mol. The SMILES string of the molecule is COc1cc(-n2cccc2)ccc1N1CCOCC1. The topological polar surface area (TPSA) is 26.6 Å². The molecule has 0 saturated carbocycles. The molecular formula is C15H18N2O2. The minimum absolute atomic E-state index is 0.780. The first-order chi connectivity index (χ1) is 9.38. The Morgan fingerprint density at radius 3 is 2.53 bits per heavy atom. The van der Waals surface area contributed by atoms with Crippen LogP contribution in [0.2, 0.25) is 0 Å².